The van der Waals surface area contributed by atoms with Gasteiger partial charge in [-0.3, -0.25) is 4.79 Å². The fourth-order valence-electron chi connectivity index (χ4n) is 2.64. The molecule has 0 aliphatic carbocycles. The van der Waals surface area contributed by atoms with Gasteiger partial charge in [0.2, 0.25) is 0 Å². The minimum absolute atomic E-state index is 0.220. The number of anilines is 1. The number of carbonyl (C=O) groups is 1. The first-order valence-corrected chi connectivity index (χ1v) is 8.76. The first-order valence-electron chi connectivity index (χ1n) is 7.88. The van der Waals surface area contributed by atoms with Gasteiger partial charge in [-0.25, -0.2) is 0 Å². The van der Waals surface area contributed by atoms with Gasteiger partial charge in [-0.05, 0) is 30.5 Å². The van der Waals surface area contributed by atoms with Crippen LogP contribution < -0.4 is 14.4 Å². The Bertz CT molecular complexity index is 888. The van der Waals surface area contributed by atoms with Crippen LogP contribution in [0.3, 0.4) is 0 Å². The van der Waals surface area contributed by atoms with Gasteiger partial charge in [-0.2, -0.15) is 0 Å². The Morgan fingerprint density at radius 1 is 1.20 bits per heavy atom. The van der Waals surface area contributed by atoms with Crippen LogP contribution in [-0.4, -0.2) is 24.3 Å². The predicted octanol–water partition coefficient (Wildman–Crippen LogP) is 3.66. The molecule has 25 heavy (non-hydrogen) atoms. The van der Waals surface area contributed by atoms with E-state index >= 15 is 0 Å². The summed E-state index contributed by atoms with van der Waals surface area (Å²) in [5.41, 5.74) is 1.01. The second-order valence-electron chi connectivity index (χ2n) is 5.62. The minimum Gasteiger partial charge on any atom is -0.486 e. The van der Waals surface area contributed by atoms with Crippen LogP contribution in [0.25, 0.3) is 0 Å². The lowest BCUT2D eigenvalue weighted by Crippen LogP contribution is -2.30. The fraction of sp³-hybridized carbons (Fsp3) is 0.222. The summed E-state index contributed by atoms with van der Waals surface area (Å²) in [5.74, 6) is 1.71. The van der Waals surface area contributed by atoms with Crippen molar-refractivity contribution in [1.82, 2.24) is 5.16 Å². The van der Waals surface area contributed by atoms with Crippen LogP contribution in [0.1, 0.15) is 21.1 Å². The molecule has 6 nitrogen and oxygen atoms in total. The smallest absolute Gasteiger partial charge is 0.280 e. The monoisotopic (exact) mass is 356 g/mol. The highest BCUT2D eigenvalue weighted by atomic mass is 32.1. The number of rotatable bonds is 4. The van der Waals surface area contributed by atoms with Gasteiger partial charge >= 0.3 is 0 Å². The van der Waals surface area contributed by atoms with Gasteiger partial charge in [0, 0.05) is 22.7 Å². The van der Waals surface area contributed by atoms with Crippen LogP contribution >= 0.6 is 11.3 Å². The molecule has 0 saturated heterocycles. The number of amides is 1. The van der Waals surface area contributed by atoms with Crippen molar-refractivity contribution >= 4 is 22.9 Å². The Balaban J connectivity index is 1.70. The Morgan fingerprint density at radius 2 is 2.04 bits per heavy atom. The third kappa shape index (κ3) is 3.23. The molecule has 0 radical (unpaired) electrons. The number of hydrogen-bond donors (Lipinski definition) is 0. The lowest BCUT2D eigenvalue weighted by atomic mass is 10.2. The fourth-order valence-corrected chi connectivity index (χ4v) is 3.34. The molecular weight excluding hydrogens is 340 g/mol. The summed E-state index contributed by atoms with van der Waals surface area (Å²) in [6, 6.07) is 11.1. The van der Waals surface area contributed by atoms with Crippen LogP contribution in [0.5, 0.6) is 11.5 Å². The summed E-state index contributed by atoms with van der Waals surface area (Å²) in [6.07, 6.45) is 0. The minimum atomic E-state index is -0.220. The van der Waals surface area contributed by atoms with E-state index in [1.54, 1.807) is 29.2 Å². The summed E-state index contributed by atoms with van der Waals surface area (Å²) in [7, 11) is 0. The van der Waals surface area contributed by atoms with Gasteiger partial charge in [-0.1, -0.05) is 11.2 Å². The quantitative estimate of drug-likeness (QED) is 0.714. The zero-order valence-corrected chi connectivity index (χ0v) is 14.4. The molecule has 0 spiro atoms. The summed E-state index contributed by atoms with van der Waals surface area (Å²) in [5, 5.41) is 5.85. The van der Waals surface area contributed by atoms with E-state index in [4.69, 9.17) is 14.0 Å². The highest BCUT2D eigenvalue weighted by molar-refractivity contribution is 7.09. The van der Waals surface area contributed by atoms with Crippen molar-refractivity contribution < 1.29 is 18.8 Å². The van der Waals surface area contributed by atoms with Crippen molar-refractivity contribution in [2.75, 3.05) is 18.1 Å². The average Bonchev–Trinajstić information content (AvgIpc) is 3.30. The standard InChI is InChI=1S/C18H16N2O4S/c1-12-9-15(19-24-12)18(21)20(11-14-3-2-8-25-14)13-4-5-16-17(10-13)23-7-6-22-16/h2-5,8-10H,6-7,11H2,1H3. The van der Waals surface area contributed by atoms with Gasteiger partial charge in [0.15, 0.2) is 17.2 Å². The Labute approximate surface area is 148 Å². The molecule has 0 atom stereocenters. The molecule has 1 aliphatic heterocycles. The van der Waals surface area contributed by atoms with Crippen molar-refractivity contribution in [1.29, 1.82) is 0 Å². The number of aryl methyl sites for hydroxylation is 1. The molecule has 1 aromatic carbocycles. The maximum atomic E-state index is 13.0. The topological polar surface area (TPSA) is 64.8 Å². The van der Waals surface area contributed by atoms with E-state index in [1.165, 1.54) is 0 Å². The number of hydrogen-bond acceptors (Lipinski definition) is 6. The number of nitrogens with zero attached hydrogens (tertiary/aromatic N) is 2. The second-order valence-corrected chi connectivity index (χ2v) is 6.65. The molecule has 0 fully saturated rings. The molecule has 0 unspecified atom stereocenters. The molecular formula is C18H16N2O4S. The molecule has 3 aromatic rings. The first kappa shape index (κ1) is 15.7. The van der Waals surface area contributed by atoms with Gasteiger partial charge in [0.1, 0.15) is 19.0 Å². The van der Waals surface area contributed by atoms with Crippen molar-refractivity contribution in [2.45, 2.75) is 13.5 Å². The lowest BCUT2D eigenvalue weighted by molar-refractivity contribution is 0.0976. The van der Waals surface area contributed by atoms with Crippen molar-refractivity contribution in [3.8, 4) is 11.5 Å². The summed E-state index contributed by atoms with van der Waals surface area (Å²) in [4.78, 5) is 15.7. The van der Waals surface area contributed by atoms with Gasteiger partial charge in [0.25, 0.3) is 5.91 Å². The number of fused-ring (bicyclic) bond motifs is 1. The van der Waals surface area contributed by atoms with Gasteiger partial charge in [-0.15, -0.1) is 11.3 Å². The number of thiophene rings is 1. The average molecular weight is 356 g/mol. The van der Waals surface area contributed by atoms with Gasteiger partial charge < -0.3 is 18.9 Å². The van der Waals surface area contributed by atoms with E-state index in [1.807, 2.05) is 35.7 Å². The third-order valence-corrected chi connectivity index (χ3v) is 4.68. The molecule has 3 heterocycles. The molecule has 4 rings (SSSR count). The van der Waals surface area contributed by atoms with E-state index < -0.39 is 0 Å². The van der Waals surface area contributed by atoms with Crippen LogP contribution in [0.2, 0.25) is 0 Å². The number of benzene rings is 1. The second kappa shape index (κ2) is 6.60. The predicted molar refractivity (Wildman–Crippen MR) is 93.5 cm³/mol. The SMILES string of the molecule is Cc1cc(C(=O)N(Cc2cccs2)c2ccc3c(c2)OCCO3)no1. The van der Waals surface area contributed by atoms with E-state index in [9.17, 15) is 4.79 Å². The van der Waals surface area contributed by atoms with Crippen LogP contribution in [0.15, 0.2) is 46.3 Å². The van der Waals surface area contributed by atoms with E-state index in [2.05, 4.69) is 5.16 Å². The summed E-state index contributed by atoms with van der Waals surface area (Å²) < 4.78 is 16.3. The zero-order chi connectivity index (χ0) is 17.2. The number of aromatic nitrogens is 1. The molecule has 128 valence electrons. The molecule has 0 bridgehead atoms. The molecule has 0 saturated carbocycles. The normalized spacial score (nSPS) is 12.8. The maximum absolute atomic E-state index is 13.0. The third-order valence-electron chi connectivity index (χ3n) is 3.82. The first-order chi connectivity index (χ1) is 12.2. The Kier molecular flexibility index (Phi) is 4.15. The molecule has 1 aliphatic rings. The van der Waals surface area contributed by atoms with Crippen LogP contribution in [0, 0.1) is 6.92 Å². The molecule has 7 heteroatoms. The maximum Gasteiger partial charge on any atom is 0.280 e. The molecule has 0 N–H and O–H groups in total. The van der Waals surface area contributed by atoms with Crippen molar-refractivity contribution in [2.24, 2.45) is 0 Å². The molecule has 2 aromatic heterocycles. The Morgan fingerprint density at radius 3 is 2.76 bits per heavy atom. The van der Waals surface area contributed by atoms with E-state index in [-0.39, 0.29) is 11.6 Å². The highest BCUT2D eigenvalue weighted by Gasteiger charge is 2.23. The number of carbonyl (C=O) groups excluding carboxylic acids is 1. The van der Waals surface area contributed by atoms with Crippen molar-refractivity contribution in [3.63, 3.8) is 0 Å². The largest absolute Gasteiger partial charge is 0.486 e. The number of ether oxygens (including phenoxy) is 2. The van der Waals surface area contributed by atoms with E-state index in [0.717, 1.165) is 10.6 Å². The molecule has 1 amide bonds. The van der Waals surface area contributed by atoms with E-state index in [0.29, 0.717) is 37.0 Å². The summed E-state index contributed by atoms with van der Waals surface area (Å²) in [6.45, 7) is 3.24. The van der Waals surface area contributed by atoms with Crippen molar-refractivity contribution in [3.05, 3.63) is 58.1 Å². The summed E-state index contributed by atoms with van der Waals surface area (Å²) >= 11 is 1.60. The lowest BCUT2D eigenvalue weighted by Gasteiger charge is -2.24. The van der Waals surface area contributed by atoms with Crippen LogP contribution in [-0.2, 0) is 6.54 Å². The highest BCUT2D eigenvalue weighted by Crippen LogP contribution is 2.35. The van der Waals surface area contributed by atoms with Crippen LogP contribution in [0.4, 0.5) is 5.69 Å². The zero-order valence-electron chi connectivity index (χ0n) is 13.6. The Hall–Kier alpha value is -2.80. The van der Waals surface area contributed by atoms with Gasteiger partial charge in [0.05, 0.1) is 6.54 Å².